The maximum atomic E-state index is 11.1. The molecule has 0 heterocycles. The third-order valence-corrected chi connectivity index (χ3v) is 3.77. The predicted molar refractivity (Wildman–Crippen MR) is 93.6 cm³/mol. The molecule has 132 valence electrons. The zero-order valence-electron chi connectivity index (χ0n) is 14.5. The summed E-state index contributed by atoms with van der Waals surface area (Å²) in [6.07, 6.45) is 2.01. The molecule has 5 heteroatoms. The molecule has 0 spiro atoms. The molecule has 0 fully saturated rings. The first-order valence-corrected chi connectivity index (χ1v) is 8.10. The predicted octanol–water partition coefficient (Wildman–Crippen LogP) is 3.69. The van der Waals surface area contributed by atoms with Gasteiger partial charge in [0.05, 0.1) is 14.2 Å². The van der Waals surface area contributed by atoms with Crippen molar-refractivity contribution in [2.75, 3.05) is 14.2 Å². The van der Waals surface area contributed by atoms with Crippen LogP contribution in [0.3, 0.4) is 0 Å². The van der Waals surface area contributed by atoms with E-state index in [2.05, 4.69) is 9.47 Å². The summed E-state index contributed by atoms with van der Waals surface area (Å²) >= 11 is 0. The number of esters is 2. The van der Waals surface area contributed by atoms with Crippen LogP contribution in [-0.4, -0.2) is 26.2 Å². The second-order valence-electron chi connectivity index (χ2n) is 5.54. The largest absolute Gasteiger partial charge is 0.469 e. The van der Waals surface area contributed by atoms with Crippen LogP contribution in [0.1, 0.15) is 24.0 Å². The molecule has 2 aromatic rings. The highest BCUT2D eigenvalue weighted by atomic mass is 16.5. The lowest BCUT2D eigenvalue weighted by Gasteiger charge is -2.08. The number of carbonyl (C=O) groups is 2. The maximum Gasteiger partial charge on any atom is 0.305 e. The Balaban J connectivity index is 1.87. The standard InChI is InChI=1S/C20H22O5/c1-23-19(21)13-7-15-3-9-17(10-4-15)25-18-11-5-16(6-12-18)8-14-20(22)24-2/h3-6,9-12H,7-8,13-14H2,1-2H3. The van der Waals surface area contributed by atoms with Crippen molar-refractivity contribution in [3.8, 4) is 11.5 Å². The Morgan fingerprint density at radius 1 is 0.680 bits per heavy atom. The van der Waals surface area contributed by atoms with E-state index in [1.54, 1.807) is 0 Å². The molecular formula is C20H22O5. The molecule has 2 aromatic carbocycles. The molecule has 0 aliphatic rings. The van der Waals surface area contributed by atoms with Crippen LogP contribution in [0.25, 0.3) is 0 Å². The molecule has 25 heavy (non-hydrogen) atoms. The topological polar surface area (TPSA) is 61.8 Å². The molecule has 2 rings (SSSR count). The third-order valence-electron chi connectivity index (χ3n) is 3.77. The highest BCUT2D eigenvalue weighted by molar-refractivity contribution is 5.69. The molecule has 0 bridgehead atoms. The maximum absolute atomic E-state index is 11.1. The van der Waals surface area contributed by atoms with Crippen molar-refractivity contribution < 1.29 is 23.8 Å². The molecular weight excluding hydrogens is 320 g/mol. The van der Waals surface area contributed by atoms with Gasteiger partial charge in [-0.1, -0.05) is 24.3 Å². The Hall–Kier alpha value is -2.82. The lowest BCUT2D eigenvalue weighted by molar-refractivity contribution is -0.141. The van der Waals surface area contributed by atoms with Gasteiger partial charge in [0.25, 0.3) is 0 Å². The van der Waals surface area contributed by atoms with E-state index >= 15 is 0 Å². The second kappa shape index (κ2) is 9.47. The summed E-state index contributed by atoms with van der Waals surface area (Å²) in [5, 5.41) is 0. The quantitative estimate of drug-likeness (QED) is 0.685. The van der Waals surface area contributed by atoms with Crippen molar-refractivity contribution in [3.05, 3.63) is 59.7 Å². The van der Waals surface area contributed by atoms with Gasteiger partial charge in [0.15, 0.2) is 0 Å². The zero-order chi connectivity index (χ0) is 18.1. The van der Waals surface area contributed by atoms with Gasteiger partial charge in [-0.25, -0.2) is 0 Å². The van der Waals surface area contributed by atoms with Crippen LogP contribution in [0.2, 0.25) is 0 Å². The van der Waals surface area contributed by atoms with Crippen LogP contribution >= 0.6 is 0 Å². The number of aryl methyl sites for hydroxylation is 2. The van der Waals surface area contributed by atoms with Crippen molar-refractivity contribution >= 4 is 11.9 Å². The summed E-state index contributed by atoms with van der Waals surface area (Å²) in [6, 6.07) is 15.2. The van der Waals surface area contributed by atoms with Crippen molar-refractivity contribution in [2.45, 2.75) is 25.7 Å². The van der Waals surface area contributed by atoms with E-state index in [0.717, 1.165) is 22.6 Å². The Kier molecular flexibility index (Phi) is 7.01. The Labute approximate surface area is 147 Å². The molecule has 0 aliphatic carbocycles. The molecule has 0 N–H and O–H groups in total. The highest BCUT2D eigenvalue weighted by Gasteiger charge is 2.04. The van der Waals surface area contributed by atoms with E-state index in [-0.39, 0.29) is 11.9 Å². The minimum atomic E-state index is -0.215. The normalized spacial score (nSPS) is 10.2. The van der Waals surface area contributed by atoms with Crippen LogP contribution in [-0.2, 0) is 31.9 Å². The fourth-order valence-corrected chi connectivity index (χ4v) is 2.28. The van der Waals surface area contributed by atoms with Crippen molar-refractivity contribution in [2.24, 2.45) is 0 Å². The van der Waals surface area contributed by atoms with Gasteiger partial charge in [0.1, 0.15) is 11.5 Å². The summed E-state index contributed by atoms with van der Waals surface area (Å²) in [5.41, 5.74) is 2.10. The molecule has 0 aliphatic heterocycles. The molecule has 0 unspecified atom stereocenters. The third kappa shape index (κ3) is 6.30. The summed E-state index contributed by atoms with van der Waals surface area (Å²) < 4.78 is 15.1. The van der Waals surface area contributed by atoms with E-state index in [9.17, 15) is 9.59 Å². The molecule has 0 amide bonds. The van der Waals surface area contributed by atoms with Gasteiger partial charge in [-0.05, 0) is 48.2 Å². The fourth-order valence-electron chi connectivity index (χ4n) is 2.28. The minimum absolute atomic E-state index is 0.215. The molecule has 5 nitrogen and oxygen atoms in total. The lowest BCUT2D eigenvalue weighted by atomic mass is 10.1. The van der Waals surface area contributed by atoms with Crippen molar-refractivity contribution in [1.29, 1.82) is 0 Å². The van der Waals surface area contributed by atoms with Gasteiger partial charge in [0, 0.05) is 12.8 Å². The number of carbonyl (C=O) groups excluding carboxylic acids is 2. The van der Waals surface area contributed by atoms with Crippen molar-refractivity contribution in [1.82, 2.24) is 0 Å². The van der Waals surface area contributed by atoms with E-state index < -0.39 is 0 Å². The average molecular weight is 342 g/mol. The van der Waals surface area contributed by atoms with Crippen molar-refractivity contribution in [3.63, 3.8) is 0 Å². The van der Waals surface area contributed by atoms with Gasteiger partial charge in [-0.2, -0.15) is 0 Å². The van der Waals surface area contributed by atoms with E-state index in [0.29, 0.717) is 25.7 Å². The van der Waals surface area contributed by atoms with Crippen LogP contribution in [0.15, 0.2) is 48.5 Å². The molecule has 0 atom stereocenters. The van der Waals surface area contributed by atoms with Crippen LogP contribution in [0.4, 0.5) is 0 Å². The van der Waals surface area contributed by atoms with Crippen LogP contribution in [0.5, 0.6) is 11.5 Å². The molecule has 0 saturated heterocycles. The summed E-state index contributed by atoms with van der Waals surface area (Å²) in [7, 11) is 2.78. The minimum Gasteiger partial charge on any atom is -0.469 e. The van der Waals surface area contributed by atoms with Crippen LogP contribution in [0, 0.1) is 0 Å². The molecule has 0 saturated carbocycles. The molecule has 0 aromatic heterocycles. The Morgan fingerprint density at radius 2 is 1.04 bits per heavy atom. The summed E-state index contributed by atoms with van der Waals surface area (Å²) in [6.45, 7) is 0. The SMILES string of the molecule is COC(=O)CCc1ccc(Oc2ccc(CCC(=O)OC)cc2)cc1. The first-order chi connectivity index (χ1) is 12.1. The smallest absolute Gasteiger partial charge is 0.305 e. The van der Waals surface area contributed by atoms with Gasteiger partial charge in [-0.15, -0.1) is 0 Å². The zero-order valence-corrected chi connectivity index (χ0v) is 14.5. The second-order valence-corrected chi connectivity index (χ2v) is 5.54. The number of rotatable bonds is 8. The first-order valence-electron chi connectivity index (χ1n) is 8.10. The average Bonchev–Trinajstić information content (AvgIpc) is 2.66. The van der Waals surface area contributed by atoms with Gasteiger partial charge < -0.3 is 14.2 Å². The van der Waals surface area contributed by atoms with Gasteiger partial charge in [0.2, 0.25) is 0 Å². The number of ether oxygens (including phenoxy) is 3. The number of benzene rings is 2. The van der Waals surface area contributed by atoms with E-state index in [1.165, 1.54) is 14.2 Å². The van der Waals surface area contributed by atoms with E-state index in [4.69, 9.17) is 4.74 Å². The van der Waals surface area contributed by atoms with Gasteiger partial charge in [-0.3, -0.25) is 9.59 Å². The monoisotopic (exact) mass is 342 g/mol. The number of hydrogen-bond donors (Lipinski definition) is 0. The number of methoxy groups -OCH3 is 2. The van der Waals surface area contributed by atoms with Gasteiger partial charge >= 0.3 is 11.9 Å². The van der Waals surface area contributed by atoms with Crippen LogP contribution < -0.4 is 4.74 Å². The first kappa shape index (κ1) is 18.5. The number of hydrogen-bond acceptors (Lipinski definition) is 5. The summed E-state index contributed by atoms with van der Waals surface area (Å²) in [4.78, 5) is 22.3. The highest BCUT2D eigenvalue weighted by Crippen LogP contribution is 2.22. The lowest BCUT2D eigenvalue weighted by Crippen LogP contribution is -2.01. The Bertz CT molecular complexity index is 628. The molecule has 0 radical (unpaired) electrons. The van der Waals surface area contributed by atoms with E-state index in [1.807, 2.05) is 48.5 Å². The Morgan fingerprint density at radius 3 is 1.36 bits per heavy atom. The fraction of sp³-hybridized carbons (Fsp3) is 0.300. The summed E-state index contributed by atoms with van der Waals surface area (Å²) in [5.74, 6) is 1.02.